The molecule has 84 valence electrons. The Hall–Kier alpha value is -0.0600. The molecule has 5 heteroatoms. The van der Waals surface area contributed by atoms with Crippen molar-refractivity contribution in [3.8, 4) is 0 Å². The number of hydrogen-bond donors (Lipinski definition) is 1. The first-order chi connectivity index (χ1) is 7.15. The molecule has 1 aromatic rings. The number of nitrogens with one attached hydrogen (secondary N) is 1. The molecule has 1 rings (SSSR count). The lowest BCUT2D eigenvalue weighted by molar-refractivity contribution is 0.0951. The Morgan fingerprint density at radius 3 is 3.00 bits per heavy atom. The van der Waals surface area contributed by atoms with E-state index in [0.717, 1.165) is 15.8 Å². The van der Waals surface area contributed by atoms with Crippen LogP contribution in [0.4, 0.5) is 0 Å². The number of carbonyl (C=O) groups is 1. The molecule has 1 heterocycles. The number of hydrogen-bond acceptors (Lipinski definition) is 2. The number of amides is 1. The number of rotatable bonds is 5. The van der Waals surface area contributed by atoms with Crippen LogP contribution in [0.1, 0.15) is 23.0 Å². The lowest BCUT2D eigenvalue weighted by Gasteiger charge is -2.10. The molecule has 1 atom stereocenters. The highest BCUT2D eigenvalue weighted by Crippen LogP contribution is 2.22. The fraction of sp³-hybridized carbons (Fsp3) is 0.500. The van der Waals surface area contributed by atoms with Gasteiger partial charge in [0.2, 0.25) is 0 Å². The fourth-order valence-corrected chi connectivity index (χ4v) is 2.93. The molecular weight excluding hydrogens is 298 g/mol. The van der Waals surface area contributed by atoms with Crippen molar-refractivity contribution in [1.29, 1.82) is 0 Å². The maximum atomic E-state index is 11.7. The Kier molecular flexibility index (Phi) is 5.64. The molecule has 0 radical (unpaired) electrons. The van der Waals surface area contributed by atoms with Crippen molar-refractivity contribution < 1.29 is 4.79 Å². The molecule has 0 aliphatic rings. The first-order valence-electron chi connectivity index (χ1n) is 4.72. The second-order valence-electron chi connectivity index (χ2n) is 3.39. The quantitative estimate of drug-likeness (QED) is 0.829. The van der Waals surface area contributed by atoms with Crippen LogP contribution < -0.4 is 5.32 Å². The lowest BCUT2D eigenvalue weighted by Crippen LogP contribution is -2.28. The Labute approximate surface area is 107 Å². The summed E-state index contributed by atoms with van der Waals surface area (Å²) in [7, 11) is 0. The van der Waals surface area contributed by atoms with Crippen molar-refractivity contribution in [3.63, 3.8) is 0 Å². The highest BCUT2D eigenvalue weighted by molar-refractivity contribution is 9.10. The molecule has 0 saturated carbocycles. The summed E-state index contributed by atoms with van der Waals surface area (Å²) in [4.78, 5) is 12.4. The number of carbonyl (C=O) groups excluding carboxylic acids is 1. The molecule has 1 unspecified atom stereocenters. The molecule has 1 aromatic heterocycles. The zero-order chi connectivity index (χ0) is 11.3. The molecule has 0 saturated heterocycles. The summed E-state index contributed by atoms with van der Waals surface area (Å²) in [5.41, 5.74) is 0. The van der Waals surface area contributed by atoms with E-state index in [9.17, 15) is 4.79 Å². The van der Waals surface area contributed by atoms with E-state index in [1.165, 1.54) is 11.3 Å². The number of thiophene rings is 1. The van der Waals surface area contributed by atoms with E-state index in [2.05, 4.69) is 28.2 Å². The number of alkyl halides is 1. The van der Waals surface area contributed by atoms with E-state index >= 15 is 0 Å². The van der Waals surface area contributed by atoms with Crippen LogP contribution in [0, 0.1) is 5.92 Å². The van der Waals surface area contributed by atoms with Gasteiger partial charge in [-0.15, -0.1) is 22.9 Å². The first-order valence-corrected chi connectivity index (χ1v) is 6.93. The van der Waals surface area contributed by atoms with Crippen molar-refractivity contribution >= 4 is 44.8 Å². The summed E-state index contributed by atoms with van der Waals surface area (Å²) in [5.74, 6) is 1.04. The highest BCUT2D eigenvalue weighted by atomic mass is 79.9. The van der Waals surface area contributed by atoms with Crippen LogP contribution in [0.3, 0.4) is 0 Å². The van der Waals surface area contributed by atoms with Gasteiger partial charge in [0, 0.05) is 16.9 Å². The summed E-state index contributed by atoms with van der Waals surface area (Å²) in [6, 6.07) is 1.88. The van der Waals surface area contributed by atoms with Crippen LogP contribution in [0.5, 0.6) is 0 Å². The summed E-state index contributed by atoms with van der Waals surface area (Å²) < 4.78 is 0.856. The van der Waals surface area contributed by atoms with Gasteiger partial charge in [-0.25, -0.2) is 0 Å². The minimum absolute atomic E-state index is 0.0155. The molecule has 0 aliphatic heterocycles. The van der Waals surface area contributed by atoms with Crippen LogP contribution >= 0.6 is 38.9 Å². The van der Waals surface area contributed by atoms with Gasteiger partial charge in [-0.2, -0.15) is 0 Å². The fourth-order valence-electron chi connectivity index (χ4n) is 1.09. The molecule has 0 bridgehead atoms. The van der Waals surface area contributed by atoms with Gasteiger partial charge in [-0.05, 0) is 39.7 Å². The van der Waals surface area contributed by atoms with Crippen LogP contribution in [-0.4, -0.2) is 18.3 Å². The minimum Gasteiger partial charge on any atom is -0.351 e. The van der Waals surface area contributed by atoms with Crippen molar-refractivity contribution in [1.82, 2.24) is 5.32 Å². The molecule has 0 aromatic carbocycles. The van der Waals surface area contributed by atoms with Crippen LogP contribution in [-0.2, 0) is 0 Å². The van der Waals surface area contributed by atoms with E-state index in [1.54, 1.807) is 0 Å². The van der Waals surface area contributed by atoms with Crippen molar-refractivity contribution in [2.75, 3.05) is 12.4 Å². The van der Waals surface area contributed by atoms with Crippen LogP contribution in [0.2, 0.25) is 0 Å². The minimum atomic E-state index is -0.0155. The smallest absolute Gasteiger partial charge is 0.262 e. The summed E-state index contributed by atoms with van der Waals surface area (Å²) in [5, 5.41) is 4.78. The summed E-state index contributed by atoms with van der Waals surface area (Å²) >= 11 is 10.4. The maximum absolute atomic E-state index is 11.7. The zero-order valence-corrected chi connectivity index (χ0v) is 11.6. The van der Waals surface area contributed by atoms with Gasteiger partial charge in [0.15, 0.2) is 0 Å². The van der Waals surface area contributed by atoms with E-state index in [1.807, 2.05) is 11.4 Å². The molecule has 0 spiro atoms. The third-order valence-electron chi connectivity index (χ3n) is 2.04. The van der Waals surface area contributed by atoms with E-state index in [0.29, 0.717) is 18.3 Å². The molecule has 2 nitrogen and oxygen atoms in total. The normalized spacial score (nSPS) is 12.5. The summed E-state index contributed by atoms with van der Waals surface area (Å²) in [6.07, 6.45) is 0.924. The third kappa shape index (κ3) is 4.13. The maximum Gasteiger partial charge on any atom is 0.262 e. The highest BCUT2D eigenvalue weighted by Gasteiger charge is 2.11. The average Bonchev–Trinajstić information content (AvgIpc) is 2.61. The van der Waals surface area contributed by atoms with Gasteiger partial charge >= 0.3 is 0 Å². The third-order valence-corrected chi connectivity index (χ3v) is 4.09. The van der Waals surface area contributed by atoms with E-state index in [4.69, 9.17) is 11.6 Å². The Balaban J connectivity index is 2.40. The van der Waals surface area contributed by atoms with Gasteiger partial charge < -0.3 is 5.32 Å². The summed E-state index contributed by atoms with van der Waals surface area (Å²) in [6.45, 7) is 2.75. The van der Waals surface area contributed by atoms with Crippen molar-refractivity contribution in [2.24, 2.45) is 5.92 Å². The van der Waals surface area contributed by atoms with Gasteiger partial charge in [-0.1, -0.05) is 6.92 Å². The van der Waals surface area contributed by atoms with Crippen LogP contribution in [0.25, 0.3) is 0 Å². The van der Waals surface area contributed by atoms with E-state index in [-0.39, 0.29) is 5.91 Å². The van der Waals surface area contributed by atoms with Gasteiger partial charge in [0.1, 0.15) is 4.88 Å². The Bertz CT molecular complexity index is 329. The topological polar surface area (TPSA) is 29.1 Å². The predicted molar refractivity (Wildman–Crippen MR) is 68.9 cm³/mol. The van der Waals surface area contributed by atoms with Crippen LogP contribution in [0.15, 0.2) is 15.9 Å². The van der Waals surface area contributed by atoms with E-state index < -0.39 is 0 Å². The van der Waals surface area contributed by atoms with Gasteiger partial charge in [-0.3, -0.25) is 4.79 Å². The van der Waals surface area contributed by atoms with Crippen molar-refractivity contribution in [2.45, 2.75) is 13.3 Å². The molecular formula is C10H13BrClNOS. The average molecular weight is 311 g/mol. The lowest BCUT2D eigenvalue weighted by atomic mass is 10.1. The zero-order valence-electron chi connectivity index (χ0n) is 8.43. The molecule has 0 fully saturated rings. The first kappa shape index (κ1) is 13.0. The molecule has 1 N–H and O–H groups in total. The second-order valence-corrected chi connectivity index (χ2v) is 5.54. The molecule has 1 amide bonds. The Morgan fingerprint density at radius 1 is 1.73 bits per heavy atom. The SMILES string of the molecule is CC(CCCl)CNC(=O)c1sccc1Br. The molecule has 0 aliphatic carbocycles. The predicted octanol–water partition coefficient (Wildman–Crippen LogP) is 3.51. The molecule has 15 heavy (non-hydrogen) atoms. The largest absolute Gasteiger partial charge is 0.351 e. The standard InChI is InChI=1S/C10H13BrClNOS/c1-7(2-4-12)6-13-10(14)9-8(11)3-5-15-9/h3,5,7H,2,4,6H2,1H3,(H,13,14). The monoisotopic (exact) mass is 309 g/mol. The van der Waals surface area contributed by atoms with Gasteiger partial charge in [0.05, 0.1) is 0 Å². The second kappa shape index (κ2) is 6.51. The Morgan fingerprint density at radius 2 is 2.47 bits per heavy atom. The van der Waals surface area contributed by atoms with Crippen molar-refractivity contribution in [3.05, 3.63) is 20.8 Å². The number of halogens is 2. The van der Waals surface area contributed by atoms with Gasteiger partial charge in [0.25, 0.3) is 5.91 Å².